The molecule has 0 spiro atoms. The third-order valence-corrected chi connectivity index (χ3v) is 4.46. The average molecular weight is 279 g/mol. The van der Waals surface area contributed by atoms with Gasteiger partial charge in [0.15, 0.2) is 0 Å². The van der Waals surface area contributed by atoms with E-state index in [1.165, 1.54) is 69.9 Å². The second-order valence-corrected chi connectivity index (χ2v) is 6.05. The van der Waals surface area contributed by atoms with Gasteiger partial charge in [0.25, 0.3) is 0 Å². The fourth-order valence-corrected chi connectivity index (χ4v) is 3.32. The normalized spacial score (nSPS) is 16.7. The van der Waals surface area contributed by atoms with Gasteiger partial charge in [-0.05, 0) is 19.3 Å². The van der Waals surface area contributed by atoms with Gasteiger partial charge in [0.05, 0.1) is 12.3 Å². The fourth-order valence-electron chi connectivity index (χ4n) is 3.32. The highest BCUT2D eigenvalue weighted by molar-refractivity contribution is 5.15. The zero-order valence-electron chi connectivity index (χ0n) is 12.9. The van der Waals surface area contributed by atoms with Gasteiger partial charge < -0.3 is 5.11 Å². The highest BCUT2D eigenvalue weighted by Gasteiger charge is 2.23. The molecule has 0 saturated heterocycles. The molecule has 1 heterocycles. The lowest BCUT2D eigenvalue weighted by Crippen LogP contribution is -2.14. The van der Waals surface area contributed by atoms with E-state index in [0.717, 1.165) is 12.2 Å². The number of aliphatic hydroxyl groups is 1. The zero-order valence-corrected chi connectivity index (χ0v) is 12.9. The molecular weight excluding hydrogens is 250 g/mol. The summed E-state index contributed by atoms with van der Waals surface area (Å²) in [6.45, 7) is 3.23. The van der Waals surface area contributed by atoms with Gasteiger partial charge in [-0.3, -0.25) is 0 Å². The van der Waals surface area contributed by atoms with Crippen molar-refractivity contribution in [3.63, 3.8) is 0 Å². The number of hydrogen-bond acceptors (Lipinski definition) is 3. The van der Waals surface area contributed by atoms with Crippen LogP contribution in [0.2, 0.25) is 0 Å². The van der Waals surface area contributed by atoms with Crippen molar-refractivity contribution in [3.8, 4) is 0 Å². The van der Waals surface area contributed by atoms with Gasteiger partial charge in [0.1, 0.15) is 5.69 Å². The number of aromatic nitrogens is 3. The molecule has 0 bridgehead atoms. The lowest BCUT2D eigenvalue weighted by atomic mass is 9.86. The highest BCUT2D eigenvalue weighted by atomic mass is 16.3. The summed E-state index contributed by atoms with van der Waals surface area (Å²) in [5.41, 5.74) is 2.04. The minimum atomic E-state index is 0.0294. The van der Waals surface area contributed by atoms with E-state index >= 15 is 0 Å². The van der Waals surface area contributed by atoms with E-state index in [0.29, 0.717) is 5.92 Å². The molecule has 20 heavy (non-hydrogen) atoms. The molecule has 0 aliphatic heterocycles. The smallest absolute Gasteiger partial charge is 0.112 e. The van der Waals surface area contributed by atoms with Gasteiger partial charge in [-0.1, -0.05) is 57.1 Å². The Kier molecular flexibility index (Phi) is 6.51. The van der Waals surface area contributed by atoms with Crippen LogP contribution in [0.4, 0.5) is 0 Å². The van der Waals surface area contributed by atoms with E-state index < -0.39 is 0 Å². The first-order valence-electron chi connectivity index (χ1n) is 8.40. The molecule has 1 aromatic heterocycles. The van der Waals surface area contributed by atoms with Crippen molar-refractivity contribution in [2.24, 2.45) is 0 Å². The summed E-state index contributed by atoms with van der Waals surface area (Å²) in [6, 6.07) is 0. The summed E-state index contributed by atoms with van der Waals surface area (Å²) in [4.78, 5) is 0. The molecule has 4 nitrogen and oxygen atoms in total. The second kappa shape index (κ2) is 8.40. The van der Waals surface area contributed by atoms with Crippen LogP contribution < -0.4 is 0 Å². The molecule has 1 aliphatic rings. The molecule has 0 unspecified atom stereocenters. The van der Waals surface area contributed by atoms with Crippen LogP contribution in [-0.2, 0) is 13.2 Å². The minimum Gasteiger partial charge on any atom is -0.390 e. The van der Waals surface area contributed by atoms with Crippen molar-refractivity contribution in [3.05, 3.63) is 11.4 Å². The van der Waals surface area contributed by atoms with Gasteiger partial charge in [0.2, 0.25) is 0 Å². The lowest BCUT2D eigenvalue weighted by molar-refractivity contribution is 0.273. The summed E-state index contributed by atoms with van der Waals surface area (Å²) in [5.74, 6) is 0.566. The molecule has 114 valence electrons. The van der Waals surface area contributed by atoms with Crippen molar-refractivity contribution in [1.29, 1.82) is 0 Å². The van der Waals surface area contributed by atoms with Crippen LogP contribution in [-0.4, -0.2) is 20.1 Å². The summed E-state index contributed by atoms with van der Waals surface area (Å²) in [7, 11) is 0. The number of unbranched alkanes of at least 4 members (excludes halogenated alkanes) is 4. The Morgan fingerprint density at radius 3 is 2.55 bits per heavy atom. The number of aryl methyl sites for hydroxylation is 1. The van der Waals surface area contributed by atoms with Crippen molar-refractivity contribution in [2.75, 3.05) is 0 Å². The molecule has 0 atom stereocenters. The lowest BCUT2D eigenvalue weighted by Gasteiger charge is -2.23. The van der Waals surface area contributed by atoms with Gasteiger partial charge in [-0.15, -0.1) is 5.10 Å². The molecule has 1 N–H and O–H groups in total. The first-order chi connectivity index (χ1) is 9.86. The standard InChI is InChI=1S/C16H29N3O/c1-2-3-4-5-9-12-19-16(15(13-20)17-18-19)14-10-7-6-8-11-14/h14,20H,2-13H2,1H3. The monoisotopic (exact) mass is 279 g/mol. The number of aliphatic hydroxyl groups excluding tert-OH is 1. The maximum absolute atomic E-state index is 9.49. The fraction of sp³-hybridized carbons (Fsp3) is 0.875. The summed E-state index contributed by atoms with van der Waals surface area (Å²) < 4.78 is 2.08. The van der Waals surface area contributed by atoms with Crippen LogP contribution in [0.5, 0.6) is 0 Å². The minimum absolute atomic E-state index is 0.0294. The highest BCUT2D eigenvalue weighted by Crippen LogP contribution is 2.34. The Bertz CT molecular complexity index is 383. The summed E-state index contributed by atoms with van der Waals surface area (Å²) in [5, 5.41) is 18.0. The van der Waals surface area contributed by atoms with Crippen molar-refractivity contribution < 1.29 is 5.11 Å². The molecule has 1 fully saturated rings. The molecule has 1 saturated carbocycles. The third-order valence-electron chi connectivity index (χ3n) is 4.46. The Balaban J connectivity index is 1.95. The van der Waals surface area contributed by atoms with Gasteiger partial charge in [-0.2, -0.15) is 0 Å². The molecule has 0 amide bonds. The Labute approximate surface area is 122 Å². The Morgan fingerprint density at radius 2 is 1.85 bits per heavy atom. The predicted molar refractivity (Wildman–Crippen MR) is 80.5 cm³/mol. The van der Waals surface area contributed by atoms with Crippen molar-refractivity contribution in [1.82, 2.24) is 15.0 Å². The molecule has 1 aromatic rings. The summed E-state index contributed by atoms with van der Waals surface area (Å²) >= 11 is 0. The zero-order chi connectivity index (χ0) is 14.2. The first-order valence-corrected chi connectivity index (χ1v) is 8.40. The van der Waals surface area contributed by atoms with E-state index in [4.69, 9.17) is 0 Å². The maximum Gasteiger partial charge on any atom is 0.112 e. The molecule has 2 rings (SSSR count). The molecule has 1 aliphatic carbocycles. The van der Waals surface area contributed by atoms with E-state index in [-0.39, 0.29) is 6.61 Å². The van der Waals surface area contributed by atoms with E-state index in [9.17, 15) is 5.11 Å². The van der Waals surface area contributed by atoms with E-state index in [1.807, 2.05) is 0 Å². The first kappa shape index (κ1) is 15.5. The second-order valence-electron chi connectivity index (χ2n) is 6.05. The molecule has 0 radical (unpaired) electrons. The van der Waals surface area contributed by atoms with E-state index in [2.05, 4.69) is 21.9 Å². The quantitative estimate of drug-likeness (QED) is 0.737. The Hall–Kier alpha value is -0.900. The third kappa shape index (κ3) is 4.05. The molecular formula is C16H29N3O. The van der Waals surface area contributed by atoms with Gasteiger partial charge >= 0.3 is 0 Å². The van der Waals surface area contributed by atoms with E-state index in [1.54, 1.807) is 0 Å². The number of rotatable bonds is 8. The van der Waals surface area contributed by atoms with Crippen molar-refractivity contribution in [2.45, 2.75) is 90.2 Å². The van der Waals surface area contributed by atoms with Crippen LogP contribution in [0.1, 0.15) is 88.4 Å². The SMILES string of the molecule is CCCCCCCn1nnc(CO)c1C1CCCCC1. The molecule has 4 heteroatoms. The average Bonchev–Trinajstić information content (AvgIpc) is 2.91. The maximum atomic E-state index is 9.49. The molecule has 0 aromatic carbocycles. The van der Waals surface area contributed by atoms with Crippen LogP contribution in [0, 0.1) is 0 Å². The topological polar surface area (TPSA) is 50.9 Å². The predicted octanol–water partition coefficient (Wildman–Crippen LogP) is 3.79. The van der Waals surface area contributed by atoms with Crippen molar-refractivity contribution >= 4 is 0 Å². The van der Waals surface area contributed by atoms with Gasteiger partial charge in [0, 0.05) is 12.5 Å². The largest absolute Gasteiger partial charge is 0.390 e. The Morgan fingerprint density at radius 1 is 1.10 bits per heavy atom. The van der Waals surface area contributed by atoms with Crippen LogP contribution >= 0.6 is 0 Å². The van der Waals surface area contributed by atoms with Gasteiger partial charge in [-0.25, -0.2) is 4.68 Å². The van der Waals surface area contributed by atoms with Crippen LogP contribution in [0.25, 0.3) is 0 Å². The van der Waals surface area contributed by atoms with Crippen LogP contribution in [0.3, 0.4) is 0 Å². The summed E-state index contributed by atoms with van der Waals surface area (Å²) in [6.07, 6.45) is 12.8. The number of hydrogen-bond donors (Lipinski definition) is 1. The van der Waals surface area contributed by atoms with Crippen LogP contribution in [0.15, 0.2) is 0 Å². The number of nitrogens with zero attached hydrogens (tertiary/aromatic N) is 3.